The Morgan fingerprint density at radius 3 is 3.04 bits per heavy atom. The van der Waals surface area contributed by atoms with Crippen LogP contribution in [0.2, 0.25) is 4.34 Å². The van der Waals surface area contributed by atoms with Gasteiger partial charge < -0.3 is 20.5 Å². The van der Waals surface area contributed by atoms with Crippen LogP contribution in [0, 0.1) is 0 Å². The molecule has 1 saturated heterocycles. The van der Waals surface area contributed by atoms with Crippen molar-refractivity contribution >= 4 is 28.9 Å². The van der Waals surface area contributed by atoms with Crippen LogP contribution in [-0.2, 0) is 4.74 Å². The minimum Gasteiger partial charge on any atom is -0.386 e. The number of aliphatic hydroxyl groups is 1. The highest BCUT2D eigenvalue weighted by Gasteiger charge is 2.24. The third-order valence-electron chi connectivity index (χ3n) is 4.28. The quantitative estimate of drug-likeness (QED) is 0.446. The molecule has 2 unspecified atom stereocenters. The zero-order chi connectivity index (χ0) is 18.1. The summed E-state index contributed by atoms with van der Waals surface area (Å²) in [5, 5.41) is 16.9. The van der Waals surface area contributed by atoms with E-state index < -0.39 is 6.10 Å². The number of likely N-dealkylation sites (tertiary alicyclic amines) is 1. The Morgan fingerprint density at radius 2 is 2.36 bits per heavy atom. The topological polar surface area (TPSA) is 69.1 Å². The molecule has 0 bridgehead atoms. The zero-order valence-electron chi connectivity index (χ0n) is 15.0. The summed E-state index contributed by atoms with van der Waals surface area (Å²) < 4.78 is 5.87. The van der Waals surface area contributed by atoms with Crippen molar-refractivity contribution in [3.63, 3.8) is 0 Å². The minimum atomic E-state index is -0.627. The van der Waals surface area contributed by atoms with Gasteiger partial charge in [-0.15, -0.1) is 11.3 Å². The number of rotatable bonds is 9. The summed E-state index contributed by atoms with van der Waals surface area (Å²) in [5.74, 6) is 0.739. The number of aliphatic imine (C=N–C) groups is 1. The third kappa shape index (κ3) is 6.75. The molecule has 0 radical (unpaired) electrons. The summed E-state index contributed by atoms with van der Waals surface area (Å²) in [6.07, 6.45) is 1.78. The molecule has 0 aromatic carbocycles. The van der Waals surface area contributed by atoms with Gasteiger partial charge in [-0.25, -0.2) is 0 Å². The number of guanidine groups is 1. The maximum absolute atomic E-state index is 10.2. The van der Waals surface area contributed by atoms with Gasteiger partial charge in [0.2, 0.25) is 0 Å². The van der Waals surface area contributed by atoms with E-state index >= 15 is 0 Å². The number of halogens is 1. The molecule has 8 heteroatoms. The Bertz CT molecular complexity index is 540. The summed E-state index contributed by atoms with van der Waals surface area (Å²) in [5.41, 5.74) is 0. The lowest BCUT2D eigenvalue weighted by Crippen LogP contribution is -2.45. The maximum atomic E-state index is 10.2. The first-order valence-corrected chi connectivity index (χ1v) is 10.0. The van der Waals surface area contributed by atoms with Gasteiger partial charge in [0.25, 0.3) is 0 Å². The number of methoxy groups -OCH3 is 1. The van der Waals surface area contributed by atoms with Crippen LogP contribution in [-0.4, -0.2) is 68.4 Å². The number of thiophene rings is 1. The molecule has 0 saturated carbocycles. The van der Waals surface area contributed by atoms with Gasteiger partial charge in [0.15, 0.2) is 5.96 Å². The Kier molecular flexibility index (Phi) is 8.98. The number of ether oxygens (including phenoxy) is 1. The molecule has 2 heterocycles. The van der Waals surface area contributed by atoms with Crippen LogP contribution in [0.5, 0.6) is 0 Å². The predicted molar refractivity (Wildman–Crippen MR) is 105 cm³/mol. The second-order valence-corrected chi connectivity index (χ2v) is 7.83. The number of nitrogens with zero attached hydrogens (tertiary/aromatic N) is 2. The molecule has 1 aliphatic heterocycles. The average molecular weight is 389 g/mol. The van der Waals surface area contributed by atoms with E-state index in [0.717, 1.165) is 43.6 Å². The van der Waals surface area contributed by atoms with Crippen molar-refractivity contribution in [3.05, 3.63) is 21.3 Å². The fraction of sp³-hybridized carbons (Fsp3) is 0.706. The molecule has 0 amide bonds. The number of hydrogen-bond donors (Lipinski definition) is 3. The van der Waals surface area contributed by atoms with E-state index in [4.69, 9.17) is 16.3 Å². The molecular formula is C17H29ClN4O2S. The number of nitrogens with one attached hydrogen (secondary N) is 2. The largest absolute Gasteiger partial charge is 0.386 e. The molecule has 1 aromatic rings. The first kappa shape index (κ1) is 20.5. The normalized spacial score (nSPS) is 20.0. The summed E-state index contributed by atoms with van der Waals surface area (Å²) in [6.45, 7) is 6.83. The molecule has 142 valence electrons. The fourth-order valence-corrected chi connectivity index (χ4v) is 4.00. The van der Waals surface area contributed by atoms with Crippen molar-refractivity contribution in [2.75, 3.05) is 46.4 Å². The van der Waals surface area contributed by atoms with Crippen LogP contribution >= 0.6 is 22.9 Å². The van der Waals surface area contributed by atoms with E-state index in [0.29, 0.717) is 16.9 Å². The van der Waals surface area contributed by atoms with Crippen molar-refractivity contribution in [1.29, 1.82) is 0 Å². The summed E-state index contributed by atoms with van der Waals surface area (Å²) in [4.78, 5) is 7.81. The fourth-order valence-electron chi connectivity index (χ4n) is 2.96. The van der Waals surface area contributed by atoms with Gasteiger partial charge >= 0.3 is 0 Å². The van der Waals surface area contributed by atoms with Gasteiger partial charge in [0, 0.05) is 37.7 Å². The van der Waals surface area contributed by atoms with Crippen LogP contribution in [0.15, 0.2) is 17.1 Å². The second kappa shape index (κ2) is 11.0. The molecule has 25 heavy (non-hydrogen) atoms. The first-order valence-electron chi connectivity index (χ1n) is 8.82. The van der Waals surface area contributed by atoms with Gasteiger partial charge in [-0.2, -0.15) is 0 Å². The van der Waals surface area contributed by atoms with Gasteiger partial charge in [-0.3, -0.25) is 9.89 Å². The minimum absolute atomic E-state index is 0.310. The van der Waals surface area contributed by atoms with Crippen LogP contribution in [0.4, 0.5) is 0 Å². The lowest BCUT2D eigenvalue weighted by molar-refractivity contribution is 0.141. The highest BCUT2D eigenvalue weighted by Crippen LogP contribution is 2.26. The Balaban J connectivity index is 1.84. The lowest BCUT2D eigenvalue weighted by atomic mass is 10.2. The van der Waals surface area contributed by atoms with Crippen molar-refractivity contribution < 1.29 is 9.84 Å². The molecule has 0 spiro atoms. The van der Waals surface area contributed by atoms with Gasteiger partial charge in [-0.1, -0.05) is 11.6 Å². The molecule has 2 rings (SSSR count). The molecule has 1 aromatic heterocycles. The predicted octanol–water partition coefficient (Wildman–Crippen LogP) is 2.10. The maximum Gasteiger partial charge on any atom is 0.191 e. The van der Waals surface area contributed by atoms with E-state index in [-0.39, 0.29) is 0 Å². The summed E-state index contributed by atoms with van der Waals surface area (Å²) in [7, 11) is 1.74. The number of hydrogen-bond acceptors (Lipinski definition) is 5. The molecule has 3 N–H and O–H groups in total. The molecule has 2 atom stereocenters. The molecular weight excluding hydrogens is 360 g/mol. The van der Waals surface area contributed by atoms with E-state index in [2.05, 4.69) is 20.5 Å². The van der Waals surface area contributed by atoms with Crippen LogP contribution in [0.3, 0.4) is 0 Å². The Morgan fingerprint density at radius 1 is 1.52 bits per heavy atom. The Labute approximate surface area is 159 Å². The highest BCUT2D eigenvalue weighted by atomic mass is 35.5. The van der Waals surface area contributed by atoms with Gasteiger partial charge in [0.05, 0.1) is 17.5 Å². The average Bonchev–Trinajstić information content (AvgIpc) is 3.24. The van der Waals surface area contributed by atoms with E-state index in [1.54, 1.807) is 13.2 Å². The van der Waals surface area contributed by atoms with Crippen molar-refractivity contribution in [2.24, 2.45) is 4.99 Å². The van der Waals surface area contributed by atoms with Crippen LogP contribution in [0.1, 0.15) is 30.7 Å². The van der Waals surface area contributed by atoms with Crippen molar-refractivity contribution in [3.8, 4) is 0 Å². The highest BCUT2D eigenvalue weighted by molar-refractivity contribution is 7.16. The molecule has 0 aliphatic carbocycles. The molecule has 1 aliphatic rings. The van der Waals surface area contributed by atoms with Gasteiger partial charge in [0.1, 0.15) is 6.10 Å². The SMILES string of the molecule is CCNC(=NCC(O)c1ccc(Cl)s1)NCC1CCCN1CCOC. The van der Waals surface area contributed by atoms with Crippen molar-refractivity contribution in [2.45, 2.75) is 31.9 Å². The number of aliphatic hydroxyl groups excluding tert-OH is 1. The first-order chi connectivity index (χ1) is 12.1. The zero-order valence-corrected chi connectivity index (χ0v) is 16.6. The monoisotopic (exact) mass is 388 g/mol. The van der Waals surface area contributed by atoms with E-state index in [1.165, 1.54) is 24.2 Å². The Hall–Kier alpha value is -0.860. The lowest BCUT2D eigenvalue weighted by Gasteiger charge is -2.25. The van der Waals surface area contributed by atoms with Crippen LogP contribution < -0.4 is 10.6 Å². The third-order valence-corrected chi connectivity index (χ3v) is 5.61. The summed E-state index contributed by atoms with van der Waals surface area (Å²) in [6, 6.07) is 4.15. The van der Waals surface area contributed by atoms with E-state index in [1.807, 2.05) is 13.0 Å². The smallest absolute Gasteiger partial charge is 0.191 e. The summed E-state index contributed by atoms with van der Waals surface area (Å²) >= 11 is 7.31. The molecule has 6 nitrogen and oxygen atoms in total. The van der Waals surface area contributed by atoms with Crippen molar-refractivity contribution in [1.82, 2.24) is 15.5 Å². The van der Waals surface area contributed by atoms with Crippen LogP contribution in [0.25, 0.3) is 0 Å². The second-order valence-electron chi connectivity index (χ2n) is 6.08. The van der Waals surface area contributed by atoms with E-state index in [9.17, 15) is 5.11 Å². The standard InChI is InChI=1S/C17H29ClN4O2S/c1-3-19-17(21-12-14(23)15-6-7-16(18)25-15)20-11-13-5-4-8-22(13)9-10-24-2/h6-7,13-14,23H,3-5,8-12H2,1-2H3,(H2,19,20,21). The van der Waals surface area contributed by atoms with Gasteiger partial charge in [-0.05, 0) is 38.4 Å². The molecule has 1 fully saturated rings.